The minimum Gasteiger partial charge on any atom is -0.497 e. The molecule has 1 aliphatic carbocycles. The average molecular weight is 630 g/mol. The van der Waals surface area contributed by atoms with Crippen LogP contribution < -0.4 is 4.74 Å². The van der Waals surface area contributed by atoms with Gasteiger partial charge in [-0.15, -0.1) is 0 Å². The molecule has 0 spiro atoms. The quantitative estimate of drug-likeness (QED) is 0.397. The molecule has 5 rings (SSSR count). The van der Waals surface area contributed by atoms with E-state index in [1.165, 1.54) is 6.42 Å². The molecule has 1 amide bonds. The molecule has 2 aromatic rings. The van der Waals surface area contributed by atoms with Gasteiger partial charge in [0, 0.05) is 76.3 Å². The summed E-state index contributed by atoms with van der Waals surface area (Å²) in [5, 5.41) is 0. The maximum Gasteiger partial charge on any atom is 0.248 e. The fourth-order valence-corrected chi connectivity index (χ4v) is 9.45. The number of hydrogen-bond donors (Lipinski definition) is 0. The second-order valence-corrected chi connectivity index (χ2v) is 14.8. The number of amides is 1. The van der Waals surface area contributed by atoms with E-state index < -0.39 is 16.1 Å². The summed E-state index contributed by atoms with van der Waals surface area (Å²) in [6.45, 7) is 13.4. The standard InChI is InChI=1S/C33H51N5O5S/c1-24(2)35-13-15-36(16-14-35)28-10-7-9-27(21-28)34(5)32(39)23-43-22-31-30-11-8-12-37(30)17-18-38(31)44(40,41)33-25(3)19-29(42-6)20-26(33)4/h8,11-12,19-20,24,27-28,31H,7,9-10,13-18,21-23H2,1-6H3/t27-,28+,31?/m1/s1. The summed E-state index contributed by atoms with van der Waals surface area (Å²) in [6, 6.07) is 8.15. The molecule has 3 heterocycles. The number of fused-ring (bicyclic) bond motifs is 1. The van der Waals surface area contributed by atoms with E-state index in [0.29, 0.717) is 46.9 Å². The van der Waals surface area contributed by atoms with Crippen LogP contribution in [0.1, 0.15) is 62.4 Å². The van der Waals surface area contributed by atoms with Gasteiger partial charge in [-0.3, -0.25) is 14.6 Å². The Hall–Kier alpha value is -2.44. The summed E-state index contributed by atoms with van der Waals surface area (Å²) in [6.07, 6.45) is 6.28. The van der Waals surface area contributed by atoms with Crippen LogP contribution >= 0.6 is 0 Å². The van der Waals surface area contributed by atoms with Crippen LogP contribution in [-0.4, -0.2) is 116 Å². The molecule has 0 N–H and O–H groups in total. The summed E-state index contributed by atoms with van der Waals surface area (Å²) in [5.74, 6) is 0.578. The summed E-state index contributed by atoms with van der Waals surface area (Å²) < 4.78 is 43.3. The molecule has 11 heteroatoms. The van der Waals surface area contributed by atoms with E-state index in [4.69, 9.17) is 9.47 Å². The molecule has 1 saturated carbocycles. The largest absolute Gasteiger partial charge is 0.497 e. The maximum absolute atomic E-state index is 14.1. The van der Waals surface area contributed by atoms with Crippen molar-refractivity contribution in [3.8, 4) is 5.75 Å². The van der Waals surface area contributed by atoms with Crippen LogP contribution in [-0.2, 0) is 26.1 Å². The van der Waals surface area contributed by atoms with Crippen LogP contribution in [0.5, 0.6) is 5.75 Å². The Labute approximate surface area is 263 Å². The summed E-state index contributed by atoms with van der Waals surface area (Å²) in [5.41, 5.74) is 2.16. The van der Waals surface area contributed by atoms with Crippen molar-refractivity contribution in [2.75, 3.05) is 60.1 Å². The SMILES string of the molecule is COc1cc(C)c(S(=O)(=O)N2CCn3cccc3C2COCC(=O)N(C)[C@@H]2CCC[C@H](N3CCN(C(C)C)CC3)C2)c(C)c1. The molecule has 1 unspecified atom stereocenters. The lowest BCUT2D eigenvalue weighted by Crippen LogP contribution is -2.54. The number of methoxy groups -OCH3 is 1. The highest BCUT2D eigenvalue weighted by Crippen LogP contribution is 2.35. The number of nitrogens with zero attached hydrogens (tertiary/aromatic N) is 5. The molecular formula is C33H51N5O5S. The Morgan fingerprint density at radius 1 is 1.05 bits per heavy atom. The highest BCUT2D eigenvalue weighted by atomic mass is 32.2. The predicted octanol–water partition coefficient (Wildman–Crippen LogP) is 3.67. The van der Waals surface area contributed by atoms with Crippen molar-refractivity contribution in [3.05, 3.63) is 47.3 Å². The monoisotopic (exact) mass is 629 g/mol. The van der Waals surface area contributed by atoms with Crippen molar-refractivity contribution in [2.24, 2.45) is 0 Å². The lowest BCUT2D eigenvalue weighted by atomic mass is 9.88. The Morgan fingerprint density at radius 2 is 1.75 bits per heavy atom. The summed E-state index contributed by atoms with van der Waals surface area (Å²) in [4.78, 5) is 20.7. The lowest BCUT2D eigenvalue weighted by Gasteiger charge is -2.44. The summed E-state index contributed by atoms with van der Waals surface area (Å²) in [7, 11) is -0.372. The van der Waals surface area contributed by atoms with E-state index in [0.717, 1.165) is 51.1 Å². The zero-order valence-electron chi connectivity index (χ0n) is 27.4. The number of ether oxygens (including phenoxy) is 2. The molecule has 244 valence electrons. The molecule has 1 aromatic carbocycles. The first-order chi connectivity index (χ1) is 21.0. The van der Waals surface area contributed by atoms with Crippen LogP contribution in [0.15, 0.2) is 35.4 Å². The number of sulfonamides is 1. The van der Waals surface area contributed by atoms with Crippen molar-refractivity contribution < 1.29 is 22.7 Å². The number of rotatable bonds is 10. The number of hydrogen-bond acceptors (Lipinski definition) is 7. The molecule has 1 aromatic heterocycles. The molecule has 1 saturated heterocycles. The topological polar surface area (TPSA) is 87.6 Å². The van der Waals surface area contributed by atoms with Gasteiger partial charge in [-0.25, -0.2) is 8.42 Å². The van der Waals surface area contributed by atoms with Crippen molar-refractivity contribution in [2.45, 2.75) is 89.0 Å². The fourth-order valence-electron chi connectivity index (χ4n) is 7.46. The van der Waals surface area contributed by atoms with E-state index in [2.05, 4.69) is 28.2 Å². The lowest BCUT2D eigenvalue weighted by molar-refractivity contribution is -0.138. The number of benzene rings is 1. The first-order valence-corrected chi connectivity index (χ1v) is 17.6. The van der Waals surface area contributed by atoms with Gasteiger partial charge < -0.3 is 18.9 Å². The molecule has 0 radical (unpaired) electrons. The Balaban J connectivity index is 1.22. The van der Waals surface area contributed by atoms with Gasteiger partial charge in [-0.2, -0.15) is 4.31 Å². The van der Waals surface area contributed by atoms with Crippen LogP contribution in [0, 0.1) is 13.8 Å². The van der Waals surface area contributed by atoms with Gasteiger partial charge in [0.15, 0.2) is 0 Å². The number of aromatic nitrogens is 1. The molecule has 0 bridgehead atoms. The van der Waals surface area contributed by atoms with Crippen molar-refractivity contribution >= 4 is 15.9 Å². The zero-order valence-corrected chi connectivity index (χ0v) is 28.2. The highest BCUT2D eigenvalue weighted by molar-refractivity contribution is 7.89. The Bertz CT molecular complexity index is 1380. The van der Waals surface area contributed by atoms with Gasteiger partial charge in [0.25, 0.3) is 0 Å². The minimum atomic E-state index is -3.85. The number of aryl methyl sites for hydroxylation is 2. The van der Waals surface area contributed by atoms with Gasteiger partial charge in [0.2, 0.25) is 15.9 Å². The van der Waals surface area contributed by atoms with E-state index in [1.54, 1.807) is 37.4 Å². The van der Waals surface area contributed by atoms with E-state index >= 15 is 0 Å². The zero-order chi connectivity index (χ0) is 31.6. The van der Waals surface area contributed by atoms with E-state index in [9.17, 15) is 13.2 Å². The number of carbonyl (C=O) groups excluding carboxylic acids is 1. The highest BCUT2D eigenvalue weighted by Gasteiger charge is 2.39. The third-order valence-electron chi connectivity index (χ3n) is 10.0. The first-order valence-electron chi connectivity index (χ1n) is 16.1. The van der Waals surface area contributed by atoms with Crippen LogP contribution in [0.25, 0.3) is 0 Å². The predicted molar refractivity (Wildman–Crippen MR) is 171 cm³/mol. The number of likely N-dealkylation sites (N-methyl/N-ethyl adjacent to an activating group) is 1. The van der Waals surface area contributed by atoms with Crippen LogP contribution in [0.2, 0.25) is 0 Å². The summed E-state index contributed by atoms with van der Waals surface area (Å²) >= 11 is 0. The third kappa shape index (κ3) is 6.87. The molecular weight excluding hydrogens is 578 g/mol. The van der Waals surface area contributed by atoms with Gasteiger partial charge in [-0.1, -0.05) is 0 Å². The molecule has 44 heavy (non-hydrogen) atoms. The molecule has 3 aliphatic rings. The second-order valence-electron chi connectivity index (χ2n) is 13.0. The smallest absolute Gasteiger partial charge is 0.248 e. The maximum atomic E-state index is 14.1. The Morgan fingerprint density at radius 3 is 2.41 bits per heavy atom. The van der Waals surface area contributed by atoms with Crippen molar-refractivity contribution in [1.29, 1.82) is 0 Å². The van der Waals surface area contributed by atoms with Gasteiger partial charge in [0.05, 0.1) is 24.7 Å². The minimum absolute atomic E-state index is 0.0530. The average Bonchev–Trinajstić information content (AvgIpc) is 3.49. The molecule has 2 aliphatic heterocycles. The first kappa shape index (κ1) is 32.9. The van der Waals surface area contributed by atoms with E-state index in [-0.39, 0.29) is 25.2 Å². The van der Waals surface area contributed by atoms with Gasteiger partial charge in [0.1, 0.15) is 12.4 Å². The fraction of sp³-hybridized carbons (Fsp3) is 0.667. The van der Waals surface area contributed by atoms with Crippen molar-refractivity contribution in [1.82, 2.24) is 23.6 Å². The normalized spacial score (nSPS) is 23.9. The third-order valence-corrected chi connectivity index (χ3v) is 12.2. The molecule has 3 atom stereocenters. The molecule has 2 fully saturated rings. The number of piperazine rings is 1. The van der Waals surface area contributed by atoms with Gasteiger partial charge in [-0.05, 0) is 88.8 Å². The van der Waals surface area contributed by atoms with Gasteiger partial charge >= 0.3 is 0 Å². The Kier molecular flexibility index (Phi) is 10.4. The number of carbonyl (C=O) groups is 1. The van der Waals surface area contributed by atoms with Crippen molar-refractivity contribution in [3.63, 3.8) is 0 Å². The van der Waals surface area contributed by atoms with E-state index in [1.807, 2.05) is 30.3 Å². The second kappa shape index (κ2) is 13.9. The van der Waals surface area contributed by atoms with Crippen LogP contribution in [0.4, 0.5) is 0 Å². The molecule has 10 nitrogen and oxygen atoms in total. The van der Waals surface area contributed by atoms with Crippen LogP contribution in [0.3, 0.4) is 0 Å².